The first kappa shape index (κ1) is 14.1. The molecule has 1 rings (SSSR count). The minimum atomic E-state index is -0.569. The van der Waals surface area contributed by atoms with E-state index in [0.29, 0.717) is 11.4 Å². The summed E-state index contributed by atoms with van der Waals surface area (Å²) >= 11 is 9.97. The van der Waals surface area contributed by atoms with Crippen LogP contribution in [0.2, 0.25) is 5.02 Å². The SMILES string of the molecule is CC(=O)CC(=O)OC(S)Cc1cccc(Cl)c1. The topological polar surface area (TPSA) is 43.4 Å². The number of carbonyl (C=O) groups excluding carboxylic acids is 2. The van der Waals surface area contributed by atoms with Crippen LogP contribution in [0.15, 0.2) is 24.3 Å². The Morgan fingerprint density at radius 3 is 2.76 bits per heavy atom. The van der Waals surface area contributed by atoms with Gasteiger partial charge in [-0.2, -0.15) is 0 Å². The zero-order valence-corrected chi connectivity index (χ0v) is 11.0. The Balaban J connectivity index is 2.47. The predicted molar refractivity (Wildman–Crippen MR) is 69.3 cm³/mol. The molecule has 0 amide bonds. The monoisotopic (exact) mass is 272 g/mol. The minimum absolute atomic E-state index is 0.216. The fourth-order valence-electron chi connectivity index (χ4n) is 1.30. The van der Waals surface area contributed by atoms with Crippen molar-refractivity contribution >= 4 is 36.0 Å². The van der Waals surface area contributed by atoms with Gasteiger partial charge in [0.15, 0.2) is 0 Å². The average Bonchev–Trinajstić information content (AvgIpc) is 2.14. The third-order valence-electron chi connectivity index (χ3n) is 1.96. The van der Waals surface area contributed by atoms with Gasteiger partial charge >= 0.3 is 5.97 Å². The normalized spacial score (nSPS) is 11.9. The Morgan fingerprint density at radius 1 is 1.47 bits per heavy atom. The van der Waals surface area contributed by atoms with Crippen LogP contribution in [-0.4, -0.2) is 17.2 Å². The van der Waals surface area contributed by atoms with Crippen molar-refractivity contribution in [2.45, 2.75) is 25.2 Å². The van der Waals surface area contributed by atoms with E-state index in [2.05, 4.69) is 12.6 Å². The summed E-state index contributed by atoms with van der Waals surface area (Å²) in [6.07, 6.45) is 0.236. The highest BCUT2D eigenvalue weighted by Crippen LogP contribution is 2.15. The fraction of sp³-hybridized carbons (Fsp3) is 0.333. The van der Waals surface area contributed by atoms with Gasteiger partial charge in [0.1, 0.15) is 17.6 Å². The van der Waals surface area contributed by atoms with Gasteiger partial charge in [-0.25, -0.2) is 0 Å². The van der Waals surface area contributed by atoms with Gasteiger partial charge in [-0.1, -0.05) is 23.7 Å². The van der Waals surface area contributed by atoms with Crippen LogP contribution in [0.4, 0.5) is 0 Å². The maximum absolute atomic E-state index is 11.2. The molecule has 0 spiro atoms. The summed E-state index contributed by atoms with van der Waals surface area (Å²) in [7, 11) is 0. The van der Waals surface area contributed by atoms with Gasteiger partial charge < -0.3 is 4.74 Å². The van der Waals surface area contributed by atoms with E-state index in [9.17, 15) is 9.59 Å². The van der Waals surface area contributed by atoms with Crippen molar-refractivity contribution in [1.82, 2.24) is 0 Å². The molecule has 0 heterocycles. The first-order chi connectivity index (χ1) is 7.97. The van der Waals surface area contributed by atoms with E-state index >= 15 is 0 Å². The van der Waals surface area contributed by atoms with Crippen LogP contribution in [-0.2, 0) is 20.7 Å². The largest absolute Gasteiger partial charge is 0.451 e. The van der Waals surface area contributed by atoms with E-state index < -0.39 is 11.4 Å². The summed E-state index contributed by atoms with van der Waals surface area (Å²) < 4.78 is 4.97. The lowest BCUT2D eigenvalue weighted by Crippen LogP contribution is -2.17. The maximum atomic E-state index is 11.2. The average molecular weight is 273 g/mol. The van der Waals surface area contributed by atoms with Gasteiger partial charge in [0.2, 0.25) is 0 Å². The minimum Gasteiger partial charge on any atom is -0.451 e. The number of rotatable bonds is 5. The lowest BCUT2D eigenvalue weighted by atomic mass is 10.2. The number of hydrogen-bond acceptors (Lipinski definition) is 4. The Kier molecular flexibility index (Phi) is 5.51. The Morgan fingerprint density at radius 2 is 2.18 bits per heavy atom. The van der Waals surface area contributed by atoms with Crippen LogP contribution in [0, 0.1) is 0 Å². The highest BCUT2D eigenvalue weighted by Gasteiger charge is 2.12. The molecule has 0 saturated heterocycles. The zero-order chi connectivity index (χ0) is 12.8. The number of halogens is 1. The van der Waals surface area contributed by atoms with E-state index in [4.69, 9.17) is 16.3 Å². The molecule has 1 atom stereocenters. The summed E-state index contributed by atoms with van der Waals surface area (Å²) in [6.45, 7) is 1.34. The molecule has 0 bridgehead atoms. The van der Waals surface area contributed by atoms with Crippen LogP contribution in [0.1, 0.15) is 18.9 Å². The number of carbonyl (C=O) groups is 2. The first-order valence-electron chi connectivity index (χ1n) is 5.09. The molecule has 3 nitrogen and oxygen atoms in total. The van der Waals surface area contributed by atoms with Crippen molar-refractivity contribution in [3.63, 3.8) is 0 Å². The molecule has 0 aliphatic rings. The van der Waals surface area contributed by atoms with Gasteiger partial charge in [0.25, 0.3) is 0 Å². The fourth-order valence-corrected chi connectivity index (χ4v) is 1.85. The molecular weight excluding hydrogens is 260 g/mol. The molecule has 17 heavy (non-hydrogen) atoms. The summed E-state index contributed by atoms with van der Waals surface area (Å²) in [5, 5.41) is 0.623. The van der Waals surface area contributed by atoms with Crippen LogP contribution >= 0.6 is 24.2 Å². The van der Waals surface area contributed by atoms with E-state index in [1.54, 1.807) is 12.1 Å². The summed E-state index contributed by atoms with van der Waals surface area (Å²) in [6, 6.07) is 7.23. The Hall–Kier alpha value is -1.00. The highest BCUT2D eigenvalue weighted by molar-refractivity contribution is 7.80. The van der Waals surface area contributed by atoms with E-state index in [0.717, 1.165) is 5.56 Å². The van der Waals surface area contributed by atoms with Crippen molar-refractivity contribution in [1.29, 1.82) is 0 Å². The van der Waals surface area contributed by atoms with Gasteiger partial charge in [-0.3, -0.25) is 9.59 Å². The lowest BCUT2D eigenvalue weighted by Gasteiger charge is -2.12. The molecule has 0 saturated carbocycles. The van der Waals surface area contributed by atoms with E-state index in [-0.39, 0.29) is 12.2 Å². The van der Waals surface area contributed by atoms with Gasteiger partial charge in [0.05, 0.1) is 0 Å². The molecule has 0 aliphatic heterocycles. The van der Waals surface area contributed by atoms with Crippen molar-refractivity contribution in [2.24, 2.45) is 0 Å². The third-order valence-corrected chi connectivity index (χ3v) is 2.48. The second-order valence-corrected chi connectivity index (χ2v) is 4.67. The number of hydrogen-bond donors (Lipinski definition) is 1. The lowest BCUT2D eigenvalue weighted by molar-refractivity contribution is -0.146. The number of Topliss-reactive ketones (excluding diaryl/α,β-unsaturated/α-hetero) is 1. The molecule has 92 valence electrons. The molecule has 5 heteroatoms. The van der Waals surface area contributed by atoms with Crippen LogP contribution < -0.4 is 0 Å². The molecule has 0 N–H and O–H groups in total. The maximum Gasteiger partial charge on any atom is 0.314 e. The van der Waals surface area contributed by atoms with Crippen molar-refractivity contribution < 1.29 is 14.3 Å². The number of thiol groups is 1. The van der Waals surface area contributed by atoms with E-state index in [1.165, 1.54) is 6.92 Å². The second-order valence-electron chi connectivity index (χ2n) is 3.66. The molecule has 0 aliphatic carbocycles. The Bertz CT molecular complexity index is 420. The standard InChI is InChI=1S/C12H13ClO3S/c1-8(14)5-11(15)16-12(17)7-9-3-2-4-10(13)6-9/h2-4,6,12,17H,5,7H2,1H3. The molecule has 1 aromatic carbocycles. The molecule has 0 radical (unpaired) electrons. The van der Waals surface area contributed by atoms with Crippen molar-refractivity contribution in [3.8, 4) is 0 Å². The molecule has 1 unspecified atom stereocenters. The highest BCUT2D eigenvalue weighted by atomic mass is 35.5. The summed E-state index contributed by atoms with van der Waals surface area (Å²) in [5.41, 5.74) is 0.355. The number of ketones is 1. The quantitative estimate of drug-likeness (QED) is 0.388. The Labute approximate surface area is 111 Å². The van der Waals surface area contributed by atoms with Crippen LogP contribution in [0.5, 0.6) is 0 Å². The van der Waals surface area contributed by atoms with E-state index in [1.807, 2.05) is 12.1 Å². The smallest absolute Gasteiger partial charge is 0.314 e. The predicted octanol–water partition coefficient (Wildman–Crippen LogP) is 2.66. The number of ether oxygens (including phenoxy) is 1. The van der Waals surface area contributed by atoms with Crippen molar-refractivity contribution in [3.05, 3.63) is 34.9 Å². The number of benzene rings is 1. The summed E-state index contributed by atoms with van der Waals surface area (Å²) in [5.74, 6) is -0.780. The van der Waals surface area contributed by atoms with Crippen molar-refractivity contribution in [2.75, 3.05) is 0 Å². The second kappa shape index (κ2) is 6.67. The van der Waals surface area contributed by atoms with Gasteiger partial charge in [0, 0.05) is 11.4 Å². The molecular formula is C12H13ClO3S. The number of esters is 1. The van der Waals surface area contributed by atoms with Crippen LogP contribution in [0.25, 0.3) is 0 Å². The zero-order valence-electron chi connectivity index (χ0n) is 9.35. The molecule has 1 aromatic rings. The van der Waals surface area contributed by atoms with Gasteiger partial charge in [-0.15, -0.1) is 12.6 Å². The summed E-state index contributed by atoms with van der Waals surface area (Å²) in [4.78, 5) is 21.9. The molecule has 0 fully saturated rings. The molecule has 0 aromatic heterocycles. The van der Waals surface area contributed by atoms with Crippen LogP contribution in [0.3, 0.4) is 0 Å². The third kappa shape index (κ3) is 5.75. The van der Waals surface area contributed by atoms with Gasteiger partial charge in [-0.05, 0) is 24.6 Å². The first-order valence-corrected chi connectivity index (χ1v) is 5.98.